The van der Waals surface area contributed by atoms with E-state index in [4.69, 9.17) is 0 Å². The fraction of sp³-hybridized carbons (Fsp3) is 0.467. The van der Waals surface area contributed by atoms with Gasteiger partial charge in [0.05, 0.1) is 12.4 Å². The van der Waals surface area contributed by atoms with Crippen molar-refractivity contribution in [3.8, 4) is 5.82 Å². The quantitative estimate of drug-likeness (QED) is 0.937. The molecule has 6 nitrogen and oxygen atoms in total. The van der Waals surface area contributed by atoms with Crippen LogP contribution in [0.1, 0.15) is 36.2 Å². The number of nitrogens with one attached hydrogen (secondary N) is 1. The highest BCUT2D eigenvalue weighted by molar-refractivity contribution is 5.92. The number of halogens is 2. The molecule has 8 heteroatoms. The second kappa shape index (κ2) is 6.80. The van der Waals surface area contributed by atoms with Gasteiger partial charge in [-0.05, 0) is 25.7 Å². The zero-order valence-corrected chi connectivity index (χ0v) is 12.4. The highest BCUT2D eigenvalue weighted by Crippen LogP contribution is 2.29. The number of imidazole rings is 1. The zero-order valence-electron chi connectivity index (χ0n) is 12.4. The largest absolute Gasteiger partial charge is 0.348 e. The maximum atomic E-state index is 12.6. The second-order valence-corrected chi connectivity index (χ2v) is 5.65. The summed E-state index contributed by atoms with van der Waals surface area (Å²) in [5.74, 6) is -0.385. The molecule has 0 bridgehead atoms. The normalized spacial score (nSPS) is 21.3. The summed E-state index contributed by atoms with van der Waals surface area (Å²) in [7, 11) is 0. The highest BCUT2D eigenvalue weighted by atomic mass is 19.3. The van der Waals surface area contributed by atoms with Crippen LogP contribution in [-0.4, -0.2) is 37.9 Å². The number of nitrogens with zero attached hydrogens (tertiary/aromatic N) is 4. The van der Waals surface area contributed by atoms with Crippen molar-refractivity contribution in [2.45, 2.75) is 38.2 Å². The first-order valence-electron chi connectivity index (χ1n) is 7.53. The number of alkyl halides is 2. The summed E-state index contributed by atoms with van der Waals surface area (Å²) in [5, 5.41) is 2.86. The molecule has 0 aromatic carbocycles. The Labute approximate surface area is 132 Å². The molecule has 0 spiro atoms. The molecule has 0 unspecified atom stereocenters. The molecule has 1 aliphatic rings. The van der Waals surface area contributed by atoms with E-state index in [1.54, 1.807) is 23.3 Å². The molecule has 0 aliphatic heterocycles. The van der Waals surface area contributed by atoms with E-state index in [9.17, 15) is 13.6 Å². The molecule has 0 atom stereocenters. The van der Waals surface area contributed by atoms with E-state index in [0.29, 0.717) is 31.5 Å². The first-order valence-corrected chi connectivity index (χ1v) is 7.53. The van der Waals surface area contributed by atoms with Gasteiger partial charge >= 0.3 is 0 Å². The van der Waals surface area contributed by atoms with E-state index in [1.165, 1.54) is 12.4 Å². The molecule has 3 rings (SSSR count). The van der Waals surface area contributed by atoms with E-state index in [2.05, 4.69) is 20.3 Å². The van der Waals surface area contributed by atoms with Crippen LogP contribution in [0.5, 0.6) is 0 Å². The van der Waals surface area contributed by atoms with Crippen LogP contribution in [0.4, 0.5) is 8.78 Å². The van der Waals surface area contributed by atoms with Crippen LogP contribution in [-0.2, 0) is 0 Å². The van der Waals surface area contributed by atoms with Gasteiger partial charge in [-0.3, -0.25) is 14.3 Å². The molecule has 1 saturated carbocycles. The number of rotatable bonds is 4. The van der Waals surface area contributed by atoms with Crippen LogP contribution in [0.3, 0.4) is 0 Å². The molecule has 2 heterocycles. The lowest BCUT2D eigenvalue weighted by Crippen LogP contribution is -2.39. The summed E-state index contributed by atoms with van der Waals surface area (Å²) in [5.41, 5.74) is 0.201. The van der Waals surface area contributed by atoms with Gasteiger partial charge in [0.25, 0.3) is 5.91 Å². The van der Waals surface area contributed by atoms with Gasteiger partial charge < -0.3 is 5.32 Å². The van der Waals surface area contributed by atoms with E-state index in [1.807, 2.05) is 0 Å². The standard InChI is InChI=1S/C15H17F2N5O/c16-14(17)10-1-3-11(4-2-10)20-15(23)12-7-19-8-13(21-12)22-6-5-18-9-22/h5-11,14H,1-4H2,(H,20,23)/t10-,11-. The molecule has 23 heavy (non-hydrogen) atoms. The number of hydrogen-bond donors (Lipinski definition) is 1. The van der Waals surface area contributed by atoms with Gasteiger partial charge in [-0.2, -0.15) is 0 Å². The SMILES string of the molecule is O=C(N[C@H]1CC[C@H](C(F)F)CC1)c1cncc(-n2ccnc2)n1. The van der Waals surface area contributed by atoms with Gasteiger partial charge in [0.15, 0.2) is 5.82 Å². The highest BCUT2D eigenvalue weighted by Gasteiger charge is 2.28. The van der Waals surface area contributed by atoms with Gasteiger partial charge in [0.2, 0.25) is 6.43 Å². The molecular weight excluding hydrogens is 304 g/mol. The van der Waals surface area contributed by atoms with Crippen LogP contribution < -0.4 is 5.32 Å². The van der Waals surface area contributed by atoms with Crippen LogP contribution in [0.15, 0.2) is 31.1 Å². The molecular formula is C15H17F2N5O. The predicted molar refractivity (Wildman–Crippen MR) is 78.4 cm³/mol. The molecule has 0 radical (unpaired) electrons. The third-order valence-electron chi connectivity index (χ3n) is 4.09. The number of hydrogen-bond acceptors (Lipinski definition) is 4. The number of amides is 1. The smallest absolute Gasteiger partial charge is 0.271 e. The molecule has 0 saturated heterocycles. The van der Waals surface area contributed by atoms with Crippen LogP contribution in [0, 0.1) is 5.92 Å². The minimum absolute atomic E-state index is 0.0869. The van der Waals surface area contributed by atoms with Gasteiger partial charge in [0.1, 0.15) is 12.0 Å². The Morgan fingerprint density at radius 1 is 1.22 bits per heavy atom. The first kappa shape index (κ1) is 15.5. The monoisotopic (exact) mass is 321 g/mol. The maximum Gasteiger partial charge on any atom is 0.271 e. The predicted octanol–water partition coefficient (Wildman–Crippen LogP) is 2.22. The third kappa shape index (κ3) is 3.69. The first-order chi connectivity index (χ1) is 11.1. The topological polar surface area (TPSA) is 72.7 Å². The van der Waals surface area contributed by atoms with Crippen LogP contribution in [0.25, 0.3) is 5.82 Å². The molecule has 1 fully saturated rings. The molecule has 1 N–H and O–H groups in total. The Morgan fingerprint density at radius 2 is 2.00 bits per heavy atom. The van der Waals surface area contributed by atoms with Gasteiger partial charge in [0, 0.05) is 24.4 Å². The lowest BCUT2D eigenvalue weighted by Gasteiger charge is -2.28. The summed E-state index contributed by atoms with van der Waals surface area (Å²) in [6.07, 6.45) is 7.53. The van der Waals surface area contributed by atoms with E-state index in [-0.39, 0.29) is 17.6 Å². The lowest BCUT2D eigenvalue weighted by atomic mass is 9.86. The average Bonchev–Trinajstić information content (AvgIpc) is 3.10. The minimum Gasteiger partial charge on any atom is -0.348 e. The zero-order chi connectivity index (χ0) is 16.2. The van der Waals surface area contributed by atoms with Crippen molar-refractivity contribution in [3.05, 3.63) is 36.8 Å². The Kier molecular flexibility index (Phi) is 4.59. The van der Waals surface area contributed by atoms with E-state index in [0.717, 1.165) is 0 Å². The Hall–Kier alpha value is -2.38. The Balaban J connectivity index is 1.62. The third-order valence-corrected chi connectivity index (χ3v) is 4.09. The second-order valence-electron chi connectivity index (χ2n) is 5.65. The fourth-order valence-electron chi connectivity index (χ4n) is 2.76. The van der Waals surface area contributed by atoms with Gasteiger partial charge in [-0.1, -0.05) is 0 Å². The summed E-state index contributed by atoms with van der Waals surface area (Å²) in [4.78, 5) is 24.5. The van der Waals surface area contributed by atoms with Crippen molar-refractivity contribution >= 4 is 5.91 Å². The van der Waals surface area contributed by atoms with Crippen molar-refractivity contribution in [2.24, 2.45) is 5.92 Å². The molecule has 2 aromatic rings. The molecule has 1 aliphatic carbocycles. The Bertz CT molecular complexity index is 654. The Morgan fingerprint density at radius 3 is 2.65 bits per heavy atom. The average molecular weight is 321 g/mol. The van der Waals surface area contributed by atoms with Crippen molar-refractivity contribution in [3.63, 3.8) is 0 Å². The van der Waals surface area contributed by atoms with Crippen LogP contribution >= 0.6 is 0 Å². The lowest BCUT2D eigenvalue weighted by molar-refractivity contribution is 0.0499. The van der Waals surface area contributed by atoms with Gasteiger partial charge in [-0.15, -0.1) is 0 Å². The molecule has 1 amide bonds. The summed E-state index contributed by atoms with van der Waals surface area (Å²) in [6.45, 7) is 0. The fourth-order valence-corrected chi connectivity index (χ4v) is 2.76. The van der Waals surface area contributed by atoms with Crippen molar-refractivity contribution in [2.75, 3.05) is 0 Å². The summed E-state index contributed by atoms with van der Waals surface area (Å²) < 4.78 is 26.9. The summed E-state index contributed by atoms with van der Waals surface area (Å²) in [6, 6.07) is -0.0869. The maximum absolute atomic E-state index is 12.6. The van der Waals surface area contributed by atoms with E-state index < -0.39 is 12.3 Å². The van der Waals surface area contributed by atoms with Crippen molar-refractivity contribution < 1.29 is 13.6 Å². The number of carbonyl (C=O) groups is 1. The van der Waals surface area contributed by atoms with Crippen molar-refractivity contribution in [1.29, 1.82) is 0 Å². The van der Waals surface area contributed by atoms with Gasteiger partial charge in [-0.25, -0.2) is 18.7 Å². The number of aromatic nitrogens is 4. The minimum atomic E-state index is -2.27. The van der Waals surface area contributed by atoms with Crippen LogP contribution in [0.2, 0.25) is 0 Å². The molecule has 122 valence electrons. The number of carbonyl (C=O) groups excluding carboxylic acids is 1. The van der Waals surface area contributed by atoms with E-state index >= 15 is 0 Å². The summed E-state index contributed by atoms with van der Waals surface area (Å²) >= 11 is 0. The molecule has 2 aromatic heterocycles. The van der Waals surface area contributed by atoms with Crippen molar-refractivity contribution in [1.82, 2.24) is 24.8 Å².